The smallest absolute Gasteiger partial charge is 0.344 e. The molecule has 1 aliphatic rings. The van der Waals surface area contributed by atoms with Gasteiger partial charge in [0.25, 0.3) is 0 Å². The first-order chi connectivity index (χ1) is 16.6. The molecule has 4 aromatic rings. The first-order valence-electron chi connectivity index (χ1n) is 11.0. The van der Waals surface area contributed by atoms with Crippen molar-refractivity contribution in [3.63, 3.8) is 0 Å². The van der Waals surface area contributed by atoms with Gasteiger partial charge in [0.05, 0.1) is 25.3 Å². The molecule has 2 heterocycles. The van der Waals surface area contributed by atoms with E-state index in [1.165, 1.54) is 12.1 Å². The molecule has 7 heteroatoms. The highest BCUT2D eigenvalue weighted by Crippen LogP contribution is 2.36. The Balaban J connectivity index is 1.47. The lowest BCUT2D eigenvalue weighted by atomic mass is 10.0. The van der Waals surface area contributed by atoms with Crippen LogP contribution in [0.15, 0.2) is 69.9 Å². The van der Waals surface area contributed by atoms with E-state index in [0.717, 1.165) is 29.5 Å². The third-order valence-corrected chi connectivity index (χ3v) is 6.07. The molecule has 3 aromatic carbocycles. The van der Waals surface area contributed by atoms with E-state index >= 15 is 0 Å². The fraction of sp³-hybridized carbons (Fsp3) is 0.222. The van der Waals surface area contributed by atoms with Crippen LogP contribution >= 0.6 is 0 Å². The summed E-state index contributed by atoms with van der Waals surface area (Å²) >= 11 is 0. The van der Waals surface area contributed by atoms with Gasteiger partial charge in [0.1, 0.15) is 35.4 Å². The Morgan fingerprint density at radius 3 is 2.56 bits per heavy atom. The first-order valence-corrected chi connectivity index (χ1v) is 11.0. The highest BCUT2D eigenvalue weighted by molar-refractivity contribution is 5.87. The van der Waals surface area contributed by atoms with Crippen LogP contribution in [-0.4, -0.2) is 32.4 Å². The number of methoxy groups -OCH3 is 2. The summed E-state index contributed by atoms with van der Waals surface area (Å²) in [6.07, 6.45) is 0.757. The van der Waals surface area contributed by atoms with Crippen molar-refractivity contribution < 1.29 is 23.0 Å². The summed E-state index contributed by atoms with van der Waals surface area (Å²) in [5.74, 6) is 1.64. The molecule has 0 bridgehead atoms. The van der Waals surface area contributed by atoms with Crippen LogP contribution in [0.5, 0.6) is 17.2 Å². The summed E-state index contributed by atoms with van der Waals surface area (Å²) in [5.41, 5.74) is 2.94. The summed E-state index contributed by atoms with van der Waals surface area (Å²) in [5, 5.41) is 0.794. The van der Waals surface area contributed by atoms with Crippen LogP contribution in [0.1, 0.15) is 11.1 Å². The Morgan fingerprint density at radius 1 is 0.971 bits per heavy atom. The molecule has 1 aromatic heterocycles. The lowest BCUT2D eigenvalue weighted by Crippen LogP contribution is -2.33. The molecule has 1 aliphatic heterocycles. The number of halogens is 1. The molecule has 0 aliphatic carbocycles. The van der Waals surface area contributed by atoms with Gasteiger partial charge < -0.3 is 18.6 Å². The minimum atomic E-state index is -0.462. The SMILES string of the molecule is COc1ccc(OC)c(-c2cc3ccc4c(c3oc2=O)CN(CCc2ccc(F)cc2)CO4)c1. The Hall–Kier alpha value is -3.84. The van der Waals surface area contributed by atoms with Gasteiger partial charge in [-0.05, 0) is 60.5 Å². The van der Waals surface area contributed by atoms with E-state index in [1.54, 1.807) is 44.6 Å². The number of fused-ring (bicyclic) bond motifs is 3. The zero-order chi connectivity index (χ0) is 23.7. The summed E-state index contributed by atoms with van der Waals surface area (Å²) in [4.78, 5) is 15.2. The Labute approximate surface area is 196 Å². The van der Waals surface area contributed by atoms with Gasteiger partial charge in [0, 0.05) is 24.0 Å². The molecule has 0 unspecified atom stereocenters. The number of rotatable bonds is 6. The van der Waals surface area contributed by atoms with Crippen molar-refractivity contribution >= 4 is 11.0 Å². The highest BCUT2D eigenvalue weighted by atomic mass is 19.1. The minimum Gasteiger partial charge on any atom is -0.497 e. The standard InChI is InChI=1S/C27H24FNO5/c1-31-20-8-10-24(32-2)21(14-20)22-13-18-5-9-25-23(26(18)34-27(22)30)15-29(16-33-25)12-11-17-3-6-19(28)7-4-17/h3-10,13-14H,11-12,15-16H2,1-2H3. The summed E-state index contributed by atoms with van der Waals surface area (Å²) in [7, 11) is 3.13. The van der Waals surface area contributed by atoms with Gasteiger partial charge in [-0.2, -0.15) is 0 Å². The van der Waals surface area contributed by atoms with Crippen LogP contribution < -0.4 is 19.8 Å². The van der Waals surface area contributed by atoms with Gasteiger partial charge in [0.15, 0.2) is 0 Å². The van der Waals surface area contributed by atoms with Gasteiger partial charge in [-0.25, -0.2) is 9.18 Å². The van der Waals surface area contributed by atoms with Crippen LogP contribution in [0, 0.1) is 5.82 Å². The Morgan fingerprint density at radius 2 is 1.79 bits per heavy atom. The maximum absolute atomic E-state index is 13.2. The van der Waals surface area contributed by atoms with Gasteiger partial charge >= 0.3 is 5.63 Å². The van der Waals surface area contributed by atoms with E-state index in [1.807, 2.05) is 18.2 Å². The molecule has 0 amide bonds. The van der Waals surface area contributed by atoms with Crippen molar-refractivity contribution in [3.05, 3.63) is 88.0 Å². The second kappa shape index (κ2) is 9.19. The molecule has 0 saturated carbocycles. The number of benzene rings is 3. The normalized spacial score (nSPS) is 13.4. The van der Waals surface area contributed by atoms with Crippen LogP contribution in [0.4, 0.5) is 4.39 Å². The van der Waals surface area contributed by atoms with E-state index in [-0.39, 0.29) is 5.82 Å². The molecule has 0 N–H and O–H groups in total. The fourth-order valence-electron chi connectivity index (χ4n) is 4.23. The molecular weight excluding hydrogens is 437 g/mol. The Bertz CT molecular complexity index is 1400. The van der Waals surface area contributed by atoms with E-state index in [2.05, 4.69) is 4.90 Å². The topological polar surface area (TPSA) is 61.1 Å². The third-order valence-electron chi connectivity index (χ3n) is 6.07. The van der Waals surface area contributed by atoms with Gasteiger partial charge in [-0.1, -0.05) is 12.1 Å². The van der Waals surface area contributed by atoms with Gasteiger partial charge in [0.2, 0.25) is 0 Å². The van der Waals surface area contributed by atoms with Crippen molar-refractivity contribution in [2.75, 3.05) is 27.5 Å². The van der Waals surface area contributed by atoms with Gasteiger partial charge in [-0.15, -0.1) is 0 Å². The number of hydrogen-bond donors (Lipinski definition) is 0. The number of ether oxygens (including phenoxy) is 3. The molecular formula is C27H24FNO5. The van der Waals surface area contributed by atoms with Crippen LogP contribution in [0.25, 0.3) is 22.1 Å². The second-order valence-corrected chi connectivity index (χ2v) is 8.18. The fourth-order valence-corrected chi connectivity index (χ4v) is 4.23. The molecule has 0 saturated heterocycles. The molecule has 34 heavy (non-hydrogen) atoms. The highest BCUT2D eigenvalue weighted by Gasteiger charge is 2.23. The van der Waals surface area contributed by atoms with Crippen molar-refractivity contribution in [2.24, 2.45) is 0 Å². The maximum atomic E-state index is 13.2. The molecule has 0 atom stereocenters. The Kier molecular flexibility index (Phi) is 5.94. The first kappa shape index (κ1) is 22.0. The predicted octanol–water partition coefficient (Wildman–Crippen LogP) is 5.01. The van der Waals surface area contributed by atoms with Crippen LogP contribution in [-0.2, 0) is 13.0 Å². The number of nitrogens with zero attached hydrogens (tertiary/aromatic N) is 1. The summed E-state index contributed by atoms with van der Waals surface area (Å²) < 4.78 is 35.7. The third kappa shape index (κ3) is 4.22. The largest absolute Gasteiger partial charge is 0.497 e. The molecule has 5 rings (SSSR count). The second-order valence-electron chi connectivity index (χ2n) is 8.18. The molecule has 174 valence electrons. The van der Waals surface area contributed by atoms with E-state index in [9.17, 15) is 9.18 Å². The van der Waals surface area contributed by atoms with E-state index < -0.39 is 5.63 Å². The lowest BCUT2D eigenvalue weighted by molar-refractivity contribution is 0.0968. The lowest BCUT2D eigenvalue weighted by Gasteiger charge is -2.29. The average molecular weight is 461 g/mol. The van der Waals surface area contributed by atoms with Crippen LogP contribution in [0.3, 0.4) is 0 Å². The quantitative estimate of drug-likeness (QED) is 0.376. The molecule has 6 nitrogen and oxygen atoms in total. The van der Waals surface area contributed by atoms with Crippen molar-refractivity contribution in [1.29, 1.82) is 0 Å². The zero-order valence-corrected chi connectivity index (χ0v) is 19.0. The van der Waals surface area contributed by atoms with Crippen molar-refractivity contribution in [3.8, 4) is 28.4 Å². The van der Waals surface area contributed by atoms with E-state index in [0.29, 0.717) is 47.2 Å². The molecule has 0 spiro atoms. The van der Waals surface area contributed by atoms with E-state index in [4.69, 9.17) is 18.6 Å². The maximum Gasteiger partial charge on any atom is 0.344 e. The summed E-state index contributed by atoms with van der Waals surface area (Å²) in [6, 6.07) is 17.4. The number of hydrogen-bond acceptors (Lipinski definition) is 6. The van der Waals surface area contributed by atoms with Gasteiger partial charge in [-0.3, -0.25) is 4.90 Å². The average Bonchev–Trinajstić information content (AvgIpc) is 2.87. The zero-order valence-electron chi connectivity index (χ0n) is 19.0. The predicted molar refractivity (Wildman–Crippen MR) is 127 cm³/mol. The molecule has 0 radical (unpaired) electrons. The monoisotopic (exact) mass is 461 g/mol. The van der Waals surface area contributed by atoms with Crippen molar-refractivity contribution in [1.82, 2.24) is 4.90 Å². The van der Waals surface area contributed by atoms with Crippen LogP contribution in [0.2, 0.25) is 0 Å². The van der Waals surface area contributed by atoms with Crippen molar-refractivity contribution in [2.45, 2.75) is 13.0 Å². The summed E-state index contributed by atoms with van der Waals surface area (Å²) in [6.45, 7) is 1.74. The minimum absolute atomic E-state index is 0.244. The molecule has 0 fully saturated rings.